The van der Waals surface area contributed by atoms with Crippen molar-refractivity contribution in [2.75, 3.05) is 5.32 Å². The van der Waals surface area contributed by atoms with Crippen molar-refractivity contribution in [2.24, 2.45) is 0 Å². The molecule has 7 heteroatoms. The van der Waals surface area contributed by atoms with Crippen LogP contribution >= 0.6 is 11.6 Å². The number of aromatic amines is 1. The molecule has 3 heterocycles. The fourth-order valence-electron chi connectivity index (χ4n) is 3.44. The van der Waals surface area contributed by atoms with E-state index in [1.54, 1.807) is 18.5 Å². The van der Waals surface area contributed by atoms with E-state index in [-0.39, 0.29) is 17.6 Å². The fourth-order valence-corrected chi connectivity index (χ4v) is 3.62. The Morgan fingerprint density at radius 1 is 1.07 bits per heavy atom. The molecule has 0 spiro atoms. The Kier molecular flexibility index (Phi) is 5.11. The third-order valence-electron chi connectivity index (χ3n) is 4.88. The van der Waals surface area contributed by atoms with Crippen molar-refractivity contribution in [3.05, 3.63) is 75.8 Å². The van der Waals surface area contributed by atoms with Gasteiger partial charge in [0, 0.05) is 45.5 Å². The first kappa shape index (κ1) is 19.2. The number of aromatic nitrogens is 4. The number of H-pyrrole nitrogens is 1. The summed E-state index contributed by atoms with van der Waals surface area (Å²) in [6.07, 6.45) is 3.55. The van der Waals surface area contributed by atoms with Crippen LogP contribution in [0, 0.1) is 0 Å². The van der Waals surface area contributed by atoms with Crippen LogP contribution in [-0.2, 0) is 0 Å². The number of fused-ring (bicyclic) bond motifs is 1. The molecule has 0 bridgehead atoms. The van der Waals surface area contributed by atoms with E-state index in [0.717, 1.165) is 22.2 Å². The van der Waals surface area contributed by atoms with Crippen LogP contribution in [0.1, 0.15) is 38.4 Å². The predicted molar refractivity (Wildman–Crippen MR) is 117 cm³/mol. The lowest BCUT2D eigenvalue weighted by Gasteiger charge is -2.16. The van der Waals surface area contributed by atoms with Crippen LogP contribution in [0.4, 0.5) is 5.82 Å². The monoisotopic (exact) mass is 407 g/mol. The molecule has 0 radical (unpaired) electrons. The first-order valence-corrected chi connectivity index (χ1v) is 9.89. The Bertz CT molecular complexity index is 1230. The van der Waals surface area contributed by atoms with Crippen molar-refractivity contribution in [3.63, 3.8) is 0 Å². The number of benzene rings is 1. The smallest absolute Gasteiger partial charge is 0.253 e. The third kappa shape index (κ3) is 3.89. The van der Waals surface area contributed by atoms with Gasteiger partial charge in [0.05, 0.1) is 11.7 Å². The first-order chi connectivity index (χ1) is 13.9. The van der Waals surface area contributed by atoms with E-state index in [1.165, 1.54) is 0 Å². The summed E-state index contributed by atoms with van der Waals surface area (Å²) in [6.45, 7) is 6.13. The second-order valence-electron chi connectivity index (χ2n) is 7.34. The minimum absolute atomic E-state index is 0.131. The largest absolute Gasteiger partial charge is 0.363 e. The molecule has 0 saturated carbocycles. The van der Waals surface area contributed by atoms with Gasteiger partial charge in [-0.05, 0) is 63.2 Å². The summed E-state index contributed by atoms with van der Waals surface area (Å²) >= 11 is 6.10. The number of hydrogen-bond donors (Lipinski definition) is 2. The van der Waals surface area contributed by atoms with Gasteiger partial charge in [0.2, 0.25) is 0 Å². The lowest BCUT2D eigenvalue weighted by molar-refractivity contribution is 0.538. The number of halogens is 1. The number of hydrogen-bond acceptors (Lipinski definition) is 4. The molecule has 1 atom stereocenters. The summed E-state index contributed by atoms with van der Waals surface area (Å²) in [5.41, 5.74) is 3.29. The van der Waals surface area contributed by atoms with E-state index in [1.807, 2.05) is 48.0 Å². The van der Waals surface area contributed by atoms with E-state index in [4.69, 9.17) is 11.6 Å². The van der Waals surface area contributed by atoms with Crippen molar-refractivity contribution >= 4 is 28.3 Å². The number of rotatable bonds is 5. The van der Waals surface area contributed by atoms with Gasteiger partial charge < -0.3 is 10.3 Å². The number of anilines is 1. The Labute approximate surface area is 173 Å². The second-order valence-corrected chi connectivity index (χ2v) is 7.77. The molecular formula is C22H22ClN5O. The van der Waals surface area contributed by atoms with Gasteiger partial charge in [-0.3, -0.25) is 9.48 Å². The molecule has 3 aromatic heterocycles. The molecular weight excluding hydrogens is 386 g/mol. The maximum absolute atomic E-state index is 12.6. The Morgan fingerprint density at radius 3 is 2.69 bits per heavy atom. The van der Waals surface area contributed by atoms with Gasteiger partial charge in [0.15, 0.2) is 0 Å². The van der Waals surface area contributed by atoms with E-state index < -0.39 is 0 Å². The number of nitrogens with one attached hydrogen (secondary N) is 2. The van der Waals surface area contributed by atoms with Crippen molar-refractivity contribution < 1.29 is 0 Å². The molecule has 0 unspecified atom stereocenters. The van der Waals surface area contributed by atoms with Crippen LogP contribution in [0.25, 0.3) is 22.2 Å². The van der Waals surface area contributed by atoms with Crippen LogP contribution in [0.3, 0.4) is 0 Å². The molecule has 0 aliphatic carbocycles. The van der Waals surface area contributed by atoms with Crippen LogP contribution in [-0.4, -0.2) is 19.7 Å². The molecule has 0 saturated heterocycles. The normalized spacial score (nSPS) is 12.4. The predicted octanol–water partition coefficient (Wildman–Crippen LogP) is 5.19. The minimum atomic E-state index is -0.236. The second kappa shape index (κ2) is 7.72. The summed E-state index contributed by atoms with van der Waals surface area (Å²) in [7, 11) is 0. The summed E-state index contributed by atoms with van der Waals surface area (Å²) in [5.74, 6) is 0.692. The average molecular weight is 408 g/mol. The molecule has 2 N–H and O–H groups in total. The maximum Gasteiger partial charge on any atom is 0.253 e. The van der Waals surface area contributed by atoms with Gasteiger partial charge in [0.1, 0.15) is 5.82 Å². The maximum atomic E-state index is 12.6. The molecule has 0 aliphatic heterocycles. The lowest BCUT2D eigenvalue weighted by atomic mass is 10.1. The number of pyridine rings is 2. The Morgan fingerprint density at radius 2 is 1.90 bits per heavy atom. The minimum Gasteiger partial charge on any atom is -0.363 e. The zero-order valence-electron chi connectivity index (χ0n) is 16.5. The highest BCUT2D eigenvalue weighted by Gasteiger charge is 2.14. The van der Waals surface area contributed by atoms with Gasteiger partial charge >= 0.3 is 0 Å². The van der Waals surface area contributed by atoms with Gasteiger partial charge in [-0.1, -0.05) is 11.6 Å². The van der Waals surface area contributed by atoms with E-state index in [9.17, 15) is 4.79 Å². The highest BCUT2D eigenvalue weighted by atomic mass is 35.5. The van der Waals surface area contributed by atoms with Crippen molar-refractivity contribution in [3.8, 4) is 11.3 Å². The Balaban J connectivity index is 1.64. The standard InChI is InChI=1S/C22H22ClN5O/c1-13(2)28-20(7-9-25-28)15-6-8-24-21(12-15)26-14(3)18-11-16-10-17(23)4-5-19(16)27-22(18)29/h4-14H,1-3H3,(H,24,26)(H,27,29)/t14-/m0/s1. The molecule has 1 aromatic carbocycles. The first-order valence-electron chi connectivity index (χ1n) is 9.51. The number of nitrogens with zero attached hydrogens (tertiary/aromatic N) is 3. The third-order valence-corrected chi connectivity index (χ3v) is 5.12. The summed E-state index contributed by atoms with van der Waals surface area (Å²) in [5, 5.41) is 9.26. The topological polar surface area (TPSA) is 75.6 Å². The highest BCUT2D eigenvalue weighted by molar-refractivity contribution is 6.31. The molecule has 0 amide bonds. The summed E-state index contributed by atoms with van der Waals surface area (Å²) < 4.78 is 1.97. The van der Waals surface area contributed by atoms with Gasteiger partial charge in [0.25, 0.3) is 5.56 Å². The van der Waals surface area contributed by atoms with Gasteiger partial charge in [-0.15, -0.1) is 0 Å². The molecule has 4 aromatic rings. The molecule has 148 valence electrons. The molecule has 0 aliphatic rings. The quantitative estimate of drug-likeness (QED) is 0.477. The van der Waals surface area contributed by atoms with Gasteiger partial charge in [-0.2, -0.15) is 5.10 Å². The average Bonchev–Trinajstić information content (AvgIpc) is 3.18. The SMILES string of the molecule is CC(C)n1nccc1-c1ccnc(N[C@@H](C)c2cc3cc(Cl)ccc3[nH]c2=O)c1. The van der Waals surface area contributed by atoms with Crippen LogP contribution in [0.15, 0.2) is 59.7 Å². The Hall–Kier alpha value is -3.12. The fraction of sp³-hybridized carbons (Fsp3) is 0.227. The van der Waals surface area contributed by atoms with Crippen LogP contribution in [0.5, 0.6) is 0 Å². The zero-order chi connectivity index (χ0) is 20.5. The lowest BCUT2D eigenvalue weighted by Crippen LogP contribution is -2.19. The highest BCUT2D eigenvalue weighted by Crippen LogP contribution is 2.26. The van der Waals surface area contributed by atoms with E-state index in [0.29, 0.717) is 16.4 Å². The van der Waals surface area contributed by atoms with E-state index in [2.05, 4.69) is 34.2 Å². The molecule has 29 heavy (non-hydrogen) atoms. The van der Waals surface area contributed by atoms with Crippen molar-refractivity contribution in [2.45, 2.75) is 32.9 Å². The molecule has 6 nitrogen and oxygen atoms in total. The van der Waals surface area contributed by atoms with Crippen molar-refractivity contribution in [1.82, 2.24) is 19.7 Å². The van der Waals surface area contributed by atoms with Crippen LogP contribution in [0.2, 0.25) is 5.02 Å². The zero-order valence-corrected chi connectivity index (χ0v) is 17.2. The molecule has 0 fully saturated rings. The van der Waals surface area contributed by atoms with Gasteiger partial charge in [-0.25, -0.2) is 4.98 Å². The molecule has 4 rings (SSSR count). The van der Waals surface area contributed by atoms with Crippen molar-refractivity contribution in [1.29, 1.82) is 0 Å². The van der Waals surface area contributed by atoms with E-state index >= 15 is 0 Å². The summed E-state index contributed by atoms with van der Waals surface area (Å²) in [6, 6.07) is 13.2. The van der Waals surface area contributed by atoms with Crippen LogP contribution < -0.4 is 10.9 Å². The summed E-state index contributed by atoms with van der Waals surface area (Å²) in [4.78, 5) is 19.9.